The lowest BCUT2D eigenvalue weighted by Gasteiger charge is -2.24. The molecule has 0 bridgehead atoms. The van der Waals surface area contributed by atoms with Gasteiger partial charge in [0.1, 0.15) is 0 Å². The molecule has 28 heavy (non-hydrogen) atoms. The van der Waals surface area contributed by atoms with Crippen molar-refractivity contribution in [1.29, 1.82) is 0 Å². The number of rotatable bonds is 3. The van der Waals surface area contributed by atoms with Gasteiger partial charge in [0.2, 0.25) is 0 Å². The molecule has 2 aromatic carbocycles. The molecule has 3 heteroatoms. The van der Waals surface area contributed by atoms with E-state index in [4.69, 9.17) is 4.99 Å². The Morgan fingerprint density at radius 1 is 0.821 bits per heavy atom. The third-order valence-corrected chi connectivity index (χ3v) is 5.21. The van der Waals surface area contributed by atoms with Crippen LogP contribution >= 0.6 is 11.8 Å². The van der Waals surface area contributed by atoms with Gasteiger partial charge in [-0.05, 0) is 62.2 Å². The molecule has 0 aromatic heterocycles. The minimum atomic E-state index is 1.02. The Morgan fingerprint density at radius 2 is 1.39 bits per heavy atom. The zero-order chi connectivity index (χ0) is 21.3. The Hall–Kier alpha value is -1.74. The fourth-order valence-electron chi connectivity index (χ4n) is 2.99. The summed E-state index contributed by atoms with van der Waals surface area (Å²) in [6, 6.07) is 8.77. The molecule has 2 aromatic rings. The molecule has 0 aliphatic carbocycles. The van der Waals surface area contributed by atoms with Crippen molar-refractivity contribution < 1.29 is 0 Å². The smallest absolute Gasteiger partial charge is 0.0807 e. The van der Waals surface area contributed by atoms with Crippen molar-refractivity contribution in [2.24, 2.45) is 4.99 Å². The van der Waals surface area contributed by atoms with Crippen LogP contribution in [0, 0.1) is 13.8 Å². The summed E-state index contributed by atoms with van der Waals surface area (Å²) in [7, 11) is 0. The number of hydrogen-bond donors (Lipinski definition) is 0. The van der Waals surface area contributed by atoms with E-state index in [2.05, 4.69) is 91.1 Å². The summed E-state index contributed by atoms with van der Waals surface area (Å²) in [6.07, 6.45) is 2.50. The van der Waals surface area contributed by atoms with E-state index in [1.165, 1.54) is 39.4 Å². The monoisotopic (exact) mass is 398 g/mol. The van der Waals surface area contributed by atoms with E-state index in [-0.39, 0.29) is 0 Å². The van der Waals surface area contributed by atoms with Crippen LogP contribution in [-0.4, -0.2) is 13.1 Å². The summed E-state index contributed by atoms with van der Waals surface area (Å²) < 4.78 is 0. The molecule has 0 amide bonds. The predicted octanol–water partition coefficient (Wildman–Crippen LogP) is 6.81. The minimum Gasteiger partial charge on any atom is -0.372 e. The number of hydrogen-bond acceptors (Lipinski definition) is 3. The van der Waals surface area contributed by atoms with E-state index in [0.29, 0.717) is 0 Å². The Bertz CT molecular complexity index is 865. The molecule has 2 nitrogen and oxygen atoms in total. The van der Waals surface area contributed by atoms with Crippen LogP contribution in [0.1, 0.15) is 65.5 Å². The first-order valence-electron chi connectivity index (χ1n) is 10.6. The van der Waals surface area contributed by atoms with Crippen LogP contribution in [0.5, 0.6) is 0 Å². The summed E-state index contributed by atoms with van der Waals surface area (Å²) in [4.78, 5) is 9.78. The number of aryl methyl sites for hydroxylation is 2. The quantitative estimate of drug-likeness (QED) is 0.481. The average molecular weight is 399 g/mol. The molecule has 1 heterocycles. The first kappa shape index (κ1) is 24.3. The van der Waals surface area contributed by atoms with Crippen molar-refractivity contribution >= 4 is 29.7 Å². The largest absolute Gasteiger partial charge is 0.372 e. The molecule has 154 valence electrons. The maximum absolute atomic E-state index is 4.93. The molecule has 1 aliphatic rings. The van der Waals surface area contributed by atoms with Gasteiger partial charge in [-0.2, -0.15) is 0 Å². The van der Waals surface area contributed by atoms with Gasteiger partial charge in [-0.1, -0.05) is 64.9 Å². The van der Waals surface area contributed by atoms with Crippen LogP contribution in [0.3, 0.4) is 0 Å². The molecule has 0 saturated heterocycles. The van der Waals surface area contributed by atoms with Gasteiger partial charge >= 0.3 is 0 Å². The lowest BCUT2D eigenvalue weighted by molar-refractivity contribution is 0.863. The number of anilines is 1. The third-order valence-electron chi connectivity index (χ3n) is 4.15. The SMILES string of the molecule is C=c1cc(C)c2c(c1)Sc1cc(N(CC)CC)cc(C)c1N=2.CCC.CCC. The number of nitrogens with zero attached hydrogens (tertiary/aromatic N) is 2. The van der Waals surface area contributed by atoms with Crippen molar-refractivity contribution in [1.82, 2.24) is 0 Å². The second kappa shape index (κ2) is 12.0. The molecule has 0 radical (unpaired) electrons. The number of fused-ring (bicyclic) bond motifs is 2. The van der Waals surface area contributed by atoms with Gasteiger partial charge in [0.05, 0.1) is 11.0 Å². The lowest BCUT2D eigenvalue weighted by atomic mass is 10.1. The van der Waals surface area contributed by atoms with Gasteiger partial charge in [-0.15, -0.1) is 0 Å². The van der Waals surface area contributed by atoms with E-state index in [1.54, 1.807) is 0 Å². The highest BCUT2D eigenvalue weighted by atomic mass is 32.2. The van der Waals surface area contributed by atoms with E-state index in [9.17, 15) is 0 Å². The lowest BCUT2D eigenvalue weighted by Crippen LogP contribution is -2.22. The van der Waals surface area contributed by atoms with Crippen LogP contribution in [0.15, 0.2) is 39.0 Å². The van der Waals surface area contributed by atoms with Crippen LogP contribution in [0.25, 0.3) is 6.58 Å². The van der Waals surface area contributed by atoms with Crippen molar-refractivity contribution in [3.05, 3.63) is 46.0 Å². The van der Waals surface area contributed by atoms with Gasteiger partial charge in [-0.25, -0.2) is 4.99 Å². The average Bonchev–Trinajstić information content (AvgIpc) is 2.63. The van der Waals surface area contributed by atoms with Crippen molar-refractivity contribution in [2.75, 3.05) is 18.0 Å². The molecule has 0 atom stereocenters. The maximum atomic E-state index is 4.93. The summed E-state index contributed by atoms with van der Waals surface area (Å²) in [5, 5.41) is 2.16. The van der Waals surface area contributed by atoms with E-state index >= 15 is 0 Å². The molecule has 0 unspecified atom stereocenters. The summed E-state index contributed by atoms with van der Waals surface area (Å²) in [5.74, 6) is 0. The Balaban J connectivity index is 0.000000582. The van der Waals surface area contributed by atoms with Gasteiger partial charge in [0.25, 0.3) is 0 Å². The molecule has 0 saturated carbocycles. The fraction of sp³-hybridized carbons (Fsp3) is 0.480. The first-order valence-corrected chi connectivity index (χ1v) is 11.4. The third kappa shape index (κ3) is 6.13. The minimum absolute atomic E-state index is 1.02. The van der Waals surface area contributed by atoms with Gasteiger partial charge in [-0.3, -0.25) is 0 Å². The second-order valence-electron chi connectivity index (χ2n) is 7.17. The van der Waals surface area contributed by atoms with Crippen LogP contribution in [-0.2, 0) is 0 Å². The molecular formula is C25H38N2S. The van der Waals surface area contributed by atoms with Gasteiger partial charge in [0.15, 0.2) is 0 Å². The van der Waals surface area contributed by atoms with E-state index in [0.717, 1.165) is 29.4 Å². The number of benzene rings is 2. The maximum Gasteiger partial charge on any atom is 0.0807 e. The topological polar surface area (TPSA) is 15.6 Å². The molecule has 0 fully saturated rings. The standard InChI is InChI=1S/C19H22N2S.2C3H8/c1-6-21(7-2)15-10-14(5)19-17(11-15)22-16-9-12(3)8-13(4)18(16)20-19;2*1-3-2/h8-11H,3,6-7H2,1-2,4-5H3;2*3H2,1-2H3. The van der Waals surface area contributed by atoms with E-state index < -0.39 is 0 Å². The molecule has 0 N–H and O–H groups in total. The van der Waals surface area contributed by atoms with Gasteiger partial charge < -0.3 is 4.90 Å². The summed E-state index contributed by atoms with van der Waals surface area (Å²) in [5.41, 5.74) is 4.85. The second-order valence-corrected chi connectivity index (χ2v) is 8.25. The van der Waals surface area contributed by atoms with Crippen LogP contribution in [0.4, 0.5) is 11.4 Å². The zero-order valence-electron chi connectivity index (χ0n) is 19.1. The molecule has 3 rings (SSSR count). The van der Waals surface area contributed by atoms with Crippen LogP contribution in [0.2, 0.25) is 0 Å². The first-order chi connectivity index (χ1) is 13.4. The highest BCUT2D eigenvalue weighted by Crippen LogP contribution is 2.41. The highest BCUT2D eigenvalue weighted by molar-refractivity contribution is 7.99. The Morgan fingerprint density at radius 3 is 1.93 bits per heavy atom. The Labute approximate surface area is 176 Å². The molecular weight excluding hydrogens is 360 g/mol. The summed E-state index contributed by atoms with van der Waals surface area (Å²) in [6.45, 7) is 23.3. The normalized spacial score (nSPS) is 11.0. The fourth-order valence-corrected chi connectivity index (χ4v) is 4.23. The summed E-state index contributed by atoms with van der Waals surface area (Å²) >= 11 is 1.82. The highest BCUT2D eigenvalue weighted by Gasteiger charge is 2.17. The van der Waals surface area contributed by atoms with Crippen molar-refractivity contribution in [3.8, 4) is 0 Å². The molecule has 0 spiro atoms. The van der Waals surface area contributed by atoms with Crippen molar-refractivity contribution in [3.63, 3.8) is 0 Å². The predicted molar refractivity (Wildman–Crippen MR) is 128 cm³/mol. The zero-order valence-corrected chi connectivity index (χ0v) is 20.0. The van der Waals surface area contributed by atoms with Crippen molar-refractivity contribution in [2.45, 2.75) is 78.0 Å². The Kier molecular flexibility index (Phi) is 10.4. The molecule has 1 aliphatic heterocycles. The van der Waals surface area contributed by atoms with E-state index in [1.807, 2.05) is 11.8 Å². The van der Waals surface area contributed by atoms with Gasteiger partial charge in [0, 0.05) is 28.6 Å². The van der Waals surface area contributed by atoms with Crippen LogP contribution < -0.4 is 15.5 Å².